The van der Waals surface area contributed by atoms with Crippen LogP contribution in [0.5, 0.6) is 0 Å². The lowest BCUT2D eigenvalue weighted by Gasteiger charge is -2.15. The van der Waals surface area contributed by atoms with Crippen LogP contribution >= 0.6 is 11.3 Å². The number of hydrogen-bond acceptors (Lipinski definition) is 5. The molecule has 0 bridgehead atoms. The van der Waals surface area contributed by atoms with E-state index in [1.165, 1.54) is 34.1 Å². The first-order valence-corrected chi connectivity index (χ1v) is 8.88. The second-order valence-electron chi connectivity index (χ2n) is 6.05. The fourth-order valence-electron chi connectivity index (χ4n) is 3.00. The van der Waals surface area contributed by atoms with Crippen LogP contribution in [0.4, 0.5) is 5.13 Å². The van der Waals surface area contributed by atoms with Crippen LogP contribution in [0.15, 0.2) is 12.4 Å². The molecule has 3 heterocycles. The van der Waals surface area contributed by atoms with Gasteiger partial charge in [0.1, 0.15) is 0 Å². The highest BCUT2D eigenvalue weighted by atomic mass is 32.1. The molecule has 2 aromatic rings. The monoisotopic (exact) mass is 319 g/mol. The van der Waals surface area contributed by atoms with Gasteiger partial charge in [0, 0.05) is 55.1 Å². The maximum absolute atomic E-state index is 4.59. The largest absolute Gasteiger partial charge is 0.348 e. The van der Waals surface area contributed by atoms with Gasteiger partial charge >= 0.3 is 0 Å². The Hall–Kier alpha value is -1.40. The Morgan fingerprint density at radius 3 is 2.68 bits per heavy atom. The lowest BCUT2D eigenvalue weighted by atomic mass is 10.2. The van der Waals surface area contributed by atoms with Crippen molar-refractivity contribution in [3.63, 3.8) is 0 Å². The summed E-state index contributed by atoms with van der Waals surface area (Å²) >= 11 is 1.84. The smallest absolute Gasteiger partial charge is 0.185 e. The molecule has 120 valence electrons. The normalized spacial score (nSPS) is 15.2. The van der Waals surface area contributed by atoms with E-state index in [0.717, 1.165) is 32.7 Å². The van der Waals surface area contributed by atoms with Crippen LogP contribution in [-0.4, -0.2) is 39.8 Å². The lowest BCUT2D eigenvalue weighted by Crippen LogP contribution is -2.17. The second kappa shape index (κ2) is 6.79. The highest BCUT2D eigenvalue weighted by Gasteiger charge is 2.16. The minimum Gasteiger partial charge on any atom is -0.348 e. The van der Waals surface area contributed by atoms with Crippen LogP contribution in [0.1, 0.15) is 35.9 Å². The molecule has 1 aliphatic rings. The molecule has 0 atom stereocenters. The summed E-state index contributed by atoms with van der Waals surface area (Å²) in [6, 6.07) is 0. The van der Waals surface area contributed by atoms with E-state index in [2.05, 4.69) is 45.5 Å². The summed E-state index contributed by atoms with van der Waals surface area (Å²) in [6.45, 7) is 9.42. The zero-order valence-corrected chi connectivity index (χ0v) is 14.6. The second-order valence-corrected chi connectivity index (χ2v) is 7.14. The lowest BCUT2D eigenvalue weighted by molar-refractivity contribution is 0.321. The molecule has 1 aliphatic heterocycles. The number of aromatic nitrogens is 3. The number of aryl methyl sites for hydroxylation is 1. The fraction of sp³-hybridized carbons (Fsp3) is 0.625. The maximum Gasteiger partial charge on any atom is 0.185 e. The molecule has 1 saturated heterocycles. The highest BCUT2D eigenvalue weighted by molar-refractivity contribution is 7.15. The van der Waals surface area contributed by atoms with Crippen molar-refractivity contribution in [1.82, 2.24) is 19.7 Å². The van der Waals surface area contributed by atoms with Crippen LogP contribution in [0.3, 0.4) is 0 Å². The molecule has 0 radical (unpaired) electrons. The molecule has 0 unspecified atom stereocenters. The van der Waals surface area contributed by atoms with E-state index in [0.29, 0.717) is 0 Å². The molecule has 0 N–H and O–H groups in total. The van der Waals surface area contributed by atoms with E-state index >= 15 is 0 Å². The Balaban J connectivity index is 1.59. The Morgan fingerprint density at radius 2 is 2.00 bits per heavy atom. The SMILES string of the molecule is CCn1ncc(CN(C)Cc2cnc(N3CCCC3)s2)c1C. The molecule has 0 aliphatic carbocycles. The van der Waals surface area contributed by atoms with Crippen molar-refractivity contribution in [3.8, 4) is 0 Å². The van der Waals surface area contributed by atoms with Gasteiger partial charge in [0.05, 0.1) is 6.20 Å². The van der Waals surface area contributed by atoms with E-state index in [-0.39, 0.29) is 0 Å². The molecule has 0 aromatic carbocycles. The first-order valence-electron chi connectivity index (χ1n) is 8.07. The van der Waals surface area contributed by atoms with E-state index in [4.69, 9.17) is 0 Å². The van der Waals surface area contributed by atoms with Gasteiger partial charge in [-0.15, -0.1) is 11.3 Å². The summed E-state index contributed by atoms with van der Waals surface area (Å²) in [5.74, 6) is 0. The molecule has 6 heteroatoms. The number of nitrogens with zero attached hydrogens (tertiary/aromatic N) is 5. The maximum atomic E-state index is 4.59. The van der Waals surface area contributed by atoms with E-state index < -0.39 is 0 Å². The zero-order valence-electron chi connectivity index (χ0n) is 13.7. The molecular weight excluding hydrogens is 294 g/mol. The van der Waals surface area contributed by atoms with Crippen LogP contribution in [0, 0.1) is 6.92 Å². The van der Waals surface area contributed by atoms with Gasteiger partial charge in [-0.05, 0) is 33.7 Å². The molecule has 5 nitrogen and oxygen atoms in total. The Kier molecular flexibility index (Phi) is 4.78. The summed E-state index contributed by atoms with van der Waals surface area (Å²) in [7, 11) is 2.16. The van der Waals surface area contributed by atoms with E-state index in [1.807, 2.05) is 23.7 Å². The van der Waals surface area contributed by atoms with Gasteiger partial charge in [0.15, 0.2) is 5.13 Å². The number of anilines is 1. The molecule has 22 heavy (non-hydrogen) atoms. The van der Waals surface area contributed by atoms with Crippen LogP contribution in [0.25, 0.3) is 0 Å². The van der Waals surface area contributed by atoms with Gasteiger partial charge in [0.25, 0.3) is 0 Å². The predicted octanol–water partition coefficient (Wildman–Crippen LogP) is 2.90. The minimum atomic E-state index is 0.933. The van der Waals surface area contributed by atoms with Crippen LogP contribution in [0.2, 0.25) is 0 Å². The van der Waals surface area contributed by atoms with Gasteiger partial charge in [-0.1, -0.05) is 0 Å². The van der Waals surface area contributed by atoms with Gasteiger partial charge in [-0.25, -0.2) is 4.98 Å². The average Bonchev–Trinajstić information content (AvgIpc) is 3.21. The number of rotatable bonds is 6. The van der Waals surface area contributed by atoms with Gasteiger partial charge < -0.3 is 4.90 Å². The molecule has 0 amide bonds. The first kappa shape index (κ1) is 15.5. The zero-order chi connectivity index (χ0) is 15.5. The van der Waals surface area contributed by atoms with Gasteiger partial charge in [0.2, 0.25) is 0 Å². The predicted molar refractivity (Wildman–Crippen MR) is 91.4 cm³/mol. The van der Waals surface area contributed by atoms with Crippen molar-refractivity contribution < 1.29 is 0 Å². The fourth-order valence-corrected chi connectivity index (χ4v) is 4.04. The third-order valence-corrected chi connectivity index (χ3v) is 5.33. The van der Waals surface area contributed by atoms with E-state index in [9.17, 15) is 0 Å². The summed E-state index contributed by atoms with van der Waals surface area (Å²) in [4.78, 5) is 10.7. The van der Waals surface area contributed by atoms with Crippen molar-refractivity contribution in [2.24, 2.45) is 0 Å². The molecule has 1 fully saturated rings. The summed E-state index contributed by atoms with van der Waals surface area (Å²) < 4.78 is 2.06. The van der Waals surface area contributed by atoms with Crippen LogP contribution < -0.4 is 4.90 Å². The van der Waals surface area contributed by atoms with Crippen LogP contribution in [-0.2, 0) is 19.6 Å². The van der Waals surface area contributed by atoms with Crippen molar-refractivity contribution in [2.75, 3.05) is 25.0 Å². The third-order valence-electron chi connectivity index (χ3n) is 4.29. The molecule has 0 spiro atoms. The van der Waals surface area contributed by atoms with Crippen molar-refractivity contribution >= 4 is 16.5 Å². The van der Waals surface area contributed by atoms with Gasteiger partial charge in [-0.3, -0.25) is 9.58 Å². The van der Waals surface area contributed by atoms with E-state index in [1.54, 1.807) is 0 Å². The molecular formula is C16H25N5S. The number of thiazole rings is 1. The van der Waals surface area contributed by atoms with Gasteiger partial charge in [-0.2, -0.15) is 5.10 Å². The molecule has 2 aromatic heterocycles. The molecule has 0 saturated carbocycles. The standard InChI is InChI=1S/C16H25N5S/c1-4-21-13(2)14(9-18-21)11-19(3)12-15-10-17-16(22-15)20-7-5-6-8-20/h9-10H,4-8,11-12H2,1-3H3. The minimum absolute atomic E-state index is 0.933. The third kappa shape index (κ3) is 3.33. The van der Waals surface area contributed by atoms with Crippen molar-refractivity contribution in [2.45, 2.75) is 46.3 Å². The summed E-state index contributed by atoms with van der Waals surface area (Å²) in [5, 5.41) is 5.61. The Bertz CT molecular complexity index is 612. The Morgan fingerprint density at radius 1 is 1.23 bits per heavy atom. The quantitative estimate of drug-likeness (QED) is 0.820. The Labute approximate surface area is 136 Å². The first-order chi connectivity index (χ1) is 10.7. The van der Waals surface area contributed by atoms with Crippen molar-refractivity contribution in [1.29, 1.82) is 0 Å². The summed E-state index contributed by atoms with van der Waals surface area (Å²) in [5.41, 5.74) is 2.59. The highest BCUT2D eigenvalue weighted by Crippen LogP contribution is 2.26. The number of hydrogen-bond donors (Lipinski definition) is 0. The average molecular weight is 319 g/mol. The summed E-state index contributed by atoms with van der Waals surface area (Å²) in [6.07, 6.45) is 6.64. The van der Waals surface area contributed by atoms with Crippen molar-refractivity contribution in [3.05, 3.63) is 28.5 Å². The molecule has 3 rings (SSSR count). The topological polar surface area (TPSA) is 37.2 Å².